The van der Waals surface area contributed by atoms with Crippen LogP contribution in [0, 0.1) is 0 Å². The van der Waals surface area contributed by atoms with Crippen molar-refractivity contribution < 1.29 is 28.6 Å². The van der Waals surface area contributed by atoms with Crippen LogP contribution in [0.25, 0.3) is 0 Å². The summed E-state index contributed by atoms with van der Waals surface area (Å²) in [5, 5.41) is 0. The second-order valence-electron chi connectivity index (χ2n) is 7.49. The van der Waals surface area contributed by atoms with Crippen molar-refractivity contribution in [1.82, 2.24) is 0 Å². The summed E-state index contributed by atoms with van der Waals surface area (Å²) in [6.07, 6.45) is 0. The molecule has 2 heterocycles. The van der Waals surface area contributed by atoms with E-state index in [4.69, 9.17) is 14.2 Å². The number of amides is 1. The number of nitrogens with zero attached hydrogens (tertiary/aromatic N) is 2. The number of fused-ring (bicyclic) bond motifs is 2. The lowest BCUT2D eigenvalue weighted by atomic mass is 9.86. The zero-order valence-corrected chi connectivity index (χ0v) is 16.7. The summed E-state index contributed by atoms with van der Waals surface area (Å²) in [4.78, 5) is 44.5. The third-order valence-electron chi connectivity index (χ3n) is 4.53. The van der Waals surface area contributed by atoms with Gasteiger partial charge in [-0.2, -0.15) is 0 Å². The highest BCUT2D eigenvalue weighted by Crippen LogP contribution is 2.51. The van der Waals surface area contributed by atoms with Gasteiger partial charge in [0, 0.05) is 12.6 Å². The van der Waals surface area contributed by atoms with Gasteiger partial charge in [0.2, 0.25) is 11.5 Å². The van der Waals surface area contributed by atoms with Crippen molar-refractivity contribution in [3.8, 4) is 0 Å². The second kappa shape index (κ2) is 6.47. The first-order valence-corrected chi connectivity index (χ1v) is 8.66. The average Bonchev–Trinajstić information content (AvgIpc) is 3.08. The summed E-state index contributed by atoms with van der Waals surface area (Å²) in [5.74, 6) is -2.34. The van der Waals surface area contributed by atoms with Crippen LogP contribution in [0.4, 0.5) is 5.69 Å². The van der Waals surface area contributed by atoms with Crippen molar-refractivity contribution in [3.05, 3.63) is 41.0 Å². The molecule has 1 unspecified atom stereocenters. The van der Waals surface area contributed by atoms with Crippen molar-refractivity contribution in [3.63, 3.8) is 0 Å². The van der Waals surface area contributed by atoms with E-state index in [1.807, 2.05) is 0 Å². The van der Waals surface area contributed by atoms with E-state index < -0.39 is 29.0 Å². The number of benzene rings is 1. The number of ether oxygens (including phenoxy) is 3. The molecule has 2 aliphatic heterocycles. The van der Waals surface area contributed by atoms with E-state index in [2.05, 4.69) is 4.99 Å². The van der Waals surface area contributed by atoms with Gasteiger partial charge in [0.15, 0.2) is 0 Å². The van der Waals surface area contributed by atoms with Crippen LogP contribution in [0.1, 0.15) is 26.3 Å². The Balaban J connectivity index is 2.42. The van der Waals surface area contributed by atoms with Crippen LogP contribution in [0.5, 0.6) is 0 Å². The van der Waals surface area contributed by atoms with Crippen LogP contribution < -0.4 is 4.90 Å². The second-order valence-corrected chi connectivity index (χ2v) is 7.49. The fourth-order valence-corrected chi connectivity index (χ4v) is 3.42. The molecule has 0 saturated heterocycles. The van der Waals surface area contributed by atoms with Crippen LogP contribution >= 0.6 is 0 Å². The van der Waals surface area contributed by atoms with Crippen LogP contribution in [0.2, 0.25) is 0 Å². The van der Waals surface area contributed by atoms with Crippen LogP contribution in [0.3, 0.4) is 0 Å². The van der Waals surface area contributed by atoms with Crippen LogP contribution in [-0.4, -0.2) is 50.5 Å². The Labute approximate surface area is 162 Å². The third-order valence-corrected chi connectivity index (χ3v) is 4.53. The molecule has 1 aromatic carbocycles. The summed E-state index contributed by atoms with van der Waals surface area (Å²) in [7, 11) is 3.93. The number of hydrogen-bond acceptors (Lipinski definition) is 7. The molecule has 1 atom stereocenters. The van der Waals surface area contributed by atoms with Crippen molar-refractivity contribution in [2.45, 2.75) is 31.9 Å². The lowest BCUT2D eigenvalue weighted by Crippen LogP contribution is -2.43. The quantitative estimate of drug-likeness (QED) is 0.719. The van der Waals surface area contributed by atoms with Crippen molar-refractivity contribution in [2.24, 2.45) is 4.99 Å². The standard InChI is InChI=1S/C20H22N2O6/c1-19(2,3)21-15-13(16(23)26-5)14(17(24)27-6)20(28-15)11-9-7-8-10-12(11)22(4)18(20)25/h7-10H,1-6H3. The average molecular weight is 386 g/mol. The lowest BCUT2D eigenvalue weighted by Gasteiger charge is -2.25. The minimum Gasteiger partial charge on any atom is -0.466 e. The molecule has 1 amide bonds. The SMILES string of the molecule is COC(=O)C1=C(C(=O)OC)C2(OC1=NC(C)(C)C)C(=O)N(C)c1ccccc12. The third kappa shape index (κ3) is 2.67. The fourth-order valence-electron chi connectivity index (χ4n) is 3.42. The molecule has 8 nitrogen and oxygen atoms in total. The molecular formula is C20H22N2O6. The Morgan fingerprint density at radius 3 is 2.29 bits per heavy atom. The van der Waals surface area contributed by atoms with Crippen LogP contribution in [-0.2, 0) is 34.2 Å². The smallest absolute Gasteiger partial charge is 0.344 e. The molecule has 3 rings (SSSR count). The number of methoxy groups -OCH3 is 2. The van der Waals surface area contributed by atoms with E-state index in [9.17, 15) is 14.4 Å². The molecule has 0 saturated carbocycles. The number of rotatable bonds is 2. The van der Waals surface area contributed by atoms with E-state index >= 15 is 0 Å². The van der Waals surface area contributed by atoms with E-state index in [0.717, 1.165) is 0 Å². The summed E-state index contributed by atoms with van der Waals surface area (Å²) in [6.45, 7) is 5.41. The topological polar surface area (TPSA) is 94.5 Å². The maximum atomic E-state index is 13.3. The number of anilines is 1. The molecule has 28 heavy (non-hydrogen) atoms. The number of para-hydroxylation sites is 1. The normalized spacial score (nSPS) is 22.6. The van der Waals surface area contributed by atoms with Crippen molar-refractivity contribution in [1.29, 1.82) is 0 Å². The molecule has 0 aromatic heterocycles. The molecule has 1 spiro atoms. The number of esters is 2. The Kier molecular flexibility index (Phi) is 4.53. The highest BCUT2D eigenvalue weighted by molar-refractivity contribution is 6.28. The summed E-state index contributed by atoms with van der Waals surface area (Å²) in [5.41, 5.74) is -1.94. The molecule has 0 fully saturated rings. The predicted molar refractivity (Wildman–Crippen MR) is 101 cm³/mol. The van der Waals surface area contributed by atoms with Gasteiger partial charge in [-0.3, -0.25) is 4.79 Å². The molecule has 148 valence electrons. The fraction of sp³-hybridized carbons (Fsp3) is 0.400. The van der Waals surface area contributed by atoms with Gasteiger partial charge in [0.05, 0.1) is 25.4 Å². The Hall–Kier alpha value is -3.16. The first-order chi connectivity index (χ1) is 13.1. The molecule has 0 radical (unpaired) electrons. The largest absolute Gasteiger partial charge is 0.466 e. The number of carbonyl (C=O) groups excluding carboxylic acids is 3. The molecular weight excluding hydrogens is 364 g/mol. The number of likely N-dealkylation sites (N-methyl/N-ethyl adjacent to an activating group) is 1. The molecule has 0 N–H and O–H groups in total. The molecule has 0 aliphatic carbocycles. The van der Waals surface area contributed by atoms with Gasteiger partial charge < -0.3 is 19.1 Å². The maximum Gasteiger partial charge on any atom is 0.344 e. The van der Waals surface area contributed by atoms with E-state index in [0.29, 0.717) is 11.3 Å². The number of hydrogen-bond donors (Lipinski definition) is 0. The van der Waals surface area contributed by atoms with E-state index in [1.165, 1.54) is 19.1 Å². The summed E-state index contributed by atoms with van der Waals surface area (Å²) >= 11 is 0. The van der Waals surface area contributed by atoms with Gasteiger partial charge in [-0.05, 0) is 26.8 Å². The number of aliphatic imine (C=N–C) groups is 1. The maximum absolute atomic E-state index is 13.3. The highest BCUT2D eigenvalue weighted by Gasteiger charge is 2.64. The van der Waals surface area contributed by atoms with Gasteiger partial charge in [0.1, 0.15) is 11.1 Å². The van der Waals surface area contributed by atoms with Gasteiger partial charge in [0.25, 0.3) is 5.91 Å². The summed E-state index contributed by atoms with van der Waals surface area (Å²) in [6, 6.07) is 6.90. The minimum atomic E-state index is -1.86. The van der Waals surface area contributed by atoms with E-state index in [-0.39, 0.29) is 17.0 Å². The number of carbonyl (C=O) groups is 3. The molecule has 2 aliphatic rings. The van der Waals surface area contributed by atoms with Gasteiger partial charge in [-0.25, -0.2) is 14.6 Å². The summed E-state index contributed by atoms with van der Waals surface area (Å²) < 4.78 is 15.8. The molecule has 0 bridgehead atoms. The lowest BCUT2D eigenvalue weighted by molar-refractivity contribution is -0.143. The Morgan fingerprint density at radius 1 is 1.11 bits per heavy atom. The van der Waals surface area contributed by atoms with Crippen molar-refractivity contribution >= 4 is 29.4 Å². The Morgan fingerprint density at radius 2 is 1.71 bits per heavy atom. The zero-order valence-electron chi connectivity index (χ0n) is 16.7. The Bertz CT molecular complexity index is 940. The van der Waals surface area contributed by atoms with Gasteiger partial charge >= 0.3 is 11.9 Å². The highest BCUT2D eigenvalue weighted by atomic mass is 16.6. The molecule has 1 aromatic rings. The predicted octanol–water partition coefficient (Wildman–Crippen LogP) is 1.73. The first kappa shape index (κ1) is 19.6. The first-order valence-electron chi connectivity index (χ1n) is 8.66. The van der Waals surface area contributed by atoms with Gasteiger partial charge in [-0.15, -0.1) is 0 Å². The molecule has 8 heteroatoms. The monoisotopic (exact) mass is 386 g/mol. The van der Waals surface area contributed by atoms with E-state index in [1.54, 1.807) is 52.1 Å². The van der Waals surface area contributed by atoms with Crippen LogP contribution in [0.15, 0.2) is 40.4 Å². The van der Waals surface area contributed by atoms with Gasteiger partial charge in [-0.1, -0.05) is 18.2 Å². The minimum absolute atomic E-state index is 0.127. The zero-order chi connectivity index (χ0) is 20.9. The van der Waals surface area contributed by atoms with Crippen molar-refractivity contribution in [2.75, 3.05) is 26.2 Å².